The Labute approximate surface area is 129 Å². The van der Waals surface area contributed by atoms with Crippen molar-refractivity contribution < 1.29 is 9.72 Å². The fraction of sp³-hybridized carbons (Fsp3) is 0.0769. The van der Waals surface area contributed by atoms with Crippen molar-refractivity contribution in [3.05, 3.63) is 61.9 Å². The predicted molar refractivity (Wildman–Crippen MR) is 80.0 cm³/mol. The van der Waals surface area contributed by atoms with Crippen molar-refractivity contribution in [2.75, 3.05) is 5.32 Å². The van der Waals surface area contributed by atoms with Gasteiger partial charge in [-0.2, -0.15) is 0 Å². The third-order valence-electron chi connectivity index (χ3n) is 2.71. The Morgan fingerprint density at radius 3 is 2.43 bits per heavy atom. The maximum atomic E-state index is 12.1. The van der Waals surface area contributed by atoms with Crippen molar-refractivity contribution in [2.45, 2.75) is 6.92 Å². The summed E-state index contributed by atoms with van der Waals surface area (Å²) in [7, 11) is 0. The number of aromatic nitrogens is 1. The van der Waals surface area contributed by atoms with E-state index in [1.54, 1.807) is 13.0 Å². The normalized spacial score (nSPS) is 10.2. The van der Waals surface area contributed by atoms with E-state index in [2.05, 4.69) is 10.3 Å². The average Bonchev–Trinajstić information content (AvgIpc) is 2.39. The summed E-state index contributed by atoms with van der Waals surface area (Å²) in [5, 5.41) is 13.5. The van der Waals surface area contributed by atoms with Gasteiger partial charge in [0.05, 0.1) is 10.6 Å². The van der Waals surface area contributed by atoms with E-state index in [0.29, 0.717) is 11.3 Å². The first kappa shape index (κ1) is 15.2. The number of benzene rings is 1. The molecule has 108 valence electrons. The highest BCUT2D eigenvalue weighted by Crippen LogP contribution is 2.23. The molecule has 6 nitrogen and oxygen atoms in total. The molecule has 0 atom stereocenters. The van der Waals surface area contributed by atoms with E-state index in [4.69, 9.17) is 23.2 Å². The number of halogens is 2. The van der Waals surface area contributed by atoms with Gasteiger partial charge in [0.1, 0.15) is 10.3 Å². The van der Waals surface area contributed by atoms with Crippen LogP contribution in [0.4, 0.5) is 11.4 Å². The van der Waals surface area contributed by atoms with Gasteiger partial charge in [0, 0.05) is 17.7 Å². The first-order valence-corrected chi connectivity index (χ1v) is 6.52. The molecule has 0 aliphatic rings. The van der Waals surface area contributed by atoms with E-state index in [0.717, 1.165) is 0 Å². The van der Waals surface area contributed by atoms with Crippen LogP contribution in [-0.4, -0.2) is 15.8 Å². The SMILES string of the molecule is Cc1ccc([N+](=O)[O-])cc1NC(=O)c1cc(Cl)nc(Cl)c1. The Morgan fingerprint density at radius 2 is 1.86 bits per heavy atom. The van der Waals surface area contributed by atoms with Crippen molar-refractivity contribution in [2.24, 2.45) is 0 Å². The lowest BCUT2D eigenvalue weighted by Crippen LogP contribution is -2.13. The number of hydrogen-bond donors (Lipinski definition) is 1. The van der Waals surface area contributed by atoms with Crippen LogP contribution in [0.3, 0.4) is 0 Å². The minimum absolute atomic E-state index is 0.0865. The fourth-order valence-corrected chi connectivity index (χ4v) is 2.11. The van der Waals surface area contributed by atoms with Crippen LogP contribution in [0.2, 0.25) is 10.3 Å². The van der Waals surface area contributed by atoms with Gasteiger partial charge < -0.3 is 5.32 Å². The number of hydrogen-bond acceptors (Lipinski definition) is 4. The number of nitrogens with one attached hydrogen (secondary N) is 1. The quantitative estimate of drug-likeness (QED) is 0.527. The largest absolute Gasteiger partial charge is 0.321 e. The van der Waals surface area contributed by atoms with Gasteiger partial charge in [-0.15, -0.1) is 0 Å². The van der Waals surface area contributed by atoms with Crippen molar-refractivity contribution in [1.82, 2.24) is 4.98 Å². The highest BCUT2D eigenvalue weighted by molar-refractivity contribution is 6.33. The summed E-state index contributed by atoms with van der Waals surface area (Å²) in [6.07, 6.45) is 0. The summed E-state index contributed by atoms with van der Waals surface area (Å²) in [4.78, 5) is 26.1. The third kappa shape index (κ3) is 3.68. The molecule has 2 rings (SSSR count). The minimum atomic E-state index is -0.532. The van der Waals surface area contributed by atoms with Crippen LogP contribution in [0.5, 0.6) is 0 Å². The van der Waals surface area contributed by atoms with Gasteiger partial charge >= 0.3 is 0 Å². The highest BCUT2D eigenvalue weighted by Gasteiger charge is 2.13. The van der Waals surface area contributed by atoms with Crippen molar-refractivity contribution >= 4 is 40.5 Å². The van der Waals surface area contributed by atoms with Gasteiger partial charge in [0.25, 0.3) is 11.6 Å². The first-order valence-electron chi connectivity index (χ1n) is 5.76. The molecule has 0 aliphatic heterocycles. The number of non-ortho nitro benzene ring substituents is 1. The molecule has 1 amide bonds. The molecule has 0 saturated heterocycles. The maximum Gasteiger partial charge on any atom is 0.271 e. The van der Waals surface area contributed by atoms with Crippen LogP contribution >= 0.6 is 23.2 Å². The maximum absolute atomic E-state index is 12.1. The highest BCUT2D eigenvalue weighted by atomic mass is 35.5. The molecule has 1 aromatic heterocycles. The molecule has 0 aliphatic carbocycles. The molecule has 0 radical (unpaired) electrons. The minimum Gasteiger partial charge on any atom is -0.321 e. The fourth-order valence-electron chi connectivity index (χ4n) is 1.65. The van der Waals surface area contributed by atoms with Crippen LogP contribution in [0.15, 0.2) is 30.3 Å². The molecule has 0 bridgehead atoms. The molecule has 0 unspecified atom stereocenters. The topological polar surface area (TPSA) is 85.1 Å². The molecule has 1 N–H and O–H groups in total. The van der Waals surface area contributed by atoms with Gasteiger partial charge in [-0.25, -0.2) is 4.98 Å². The summed E-state index contributed by atoms with van der Waals surface area (Å²) >= 11 is 11.5. The number of rotatable bonds is 3. The van der Waals surface area contributed by atoms with Crippen LogP contribution in [0, 0.1) is 17.0 Å². The number of pyridine rings is 1. The molecule has 8 heteroatoms. The molecule has 0 saturated carbocycles. The molecule has 1 aromatic carbocycles. The number of anilines is 1. The Bertz CT molecular complexity index is 714. The number of amides is 1. The zero-order valence-corrected chi connectivity index (χ0v) is 12.3. The molecule has 21 heavy (non-hydrogen) atoms. The van der Waals surface area contributed by atoms with Gasteiger partial charge in [0.2, 0.25) is 0 Å². The monoisotopic (exact) mass is 325 g/mol. The van der Waals surface area contributed by atoms with Crippen LogP contribution < -0.4 is 5.32 Å². The van der Waals surface area contributed by atoms with E-state index in [1.807, 2.05) is 0 Å². The molecular weight excluding hydrogens is 317 g/mol. The number of carbonyl (C=O) groups is 1. The summed E-state index contributed by atoms with van der Waals surface area (Å²) in [6.45, 7) is 1.73. The summed E-state index contributed by atoms with van der Waals surface area (Å²) in [5.41, 5.74) is 1.14. The summed E-state index contributed by atoms with van der Waals surface area (Å²) < 4.78 is 0. The zero-order valence-electron chi connectivity index (χ0n) is 10.8. The lowest BCUT2D eigenvalue weighted by atomic mass is 10.1. The van der Waals surface area contributed by atoms with E-state index >= 15 is 0 Å². The smallest absolute Gasteiger partial charge is 0.271 e. The Kier molecular flexibility index (Phi) is 4.40. The van der Waals surface area contributed by atoms with E-state index < -0.39 is 10.8 Å². The van der Waals surface area contributed by atoms with Gasteiger partial charge in [-0.3, -0.25) is 14.9 Å². The van der Waals surface area contributed by atoms with Crippen molar-refractivity contribution in [1.29, 1.82) is 0 Å². The number of aryl methyl sites for hydroxylation is 1. The second-order valence-electron chi connectivity index (χ2n) is 4.21. The Hall–Kier alpha value is -2.18. The Morgan fingerprint density at radius 1 is 1.24 bits per heavy atom. The summed E-state index contributed by atoms with van der Waals surface area (Å²) in [5.74, 6) is -0.482. The molecule has 1 heterocycles. The predicted octanol–water partition coefficient (Wildman–Crippen LogP) is 3.86. The average molecular weight is 326 g/mol. The van der Waals surface area contributed by atoms with Crippen LogP contribution in [-0.2, 0) is 0 Å². The molecule has 0 fully saturated rings. The second-order valence-corrected chi connectivity index (χ2v) is 4.99. The number of nitro groups is 1. The molecule has 0 spiro atoms. The van der Waals surface area contributed by atoms with Crippen molar-refractivity contribution in [3.63, 3.8) is 0 Å². The lowest BCUT2D eigenvalue weighted by molar-refractivity contribution is -0.384. The van der Waals surface area contributed by atoms with Crippen LogP contribution in [0.25, 0.3) is 0 Å². The van der Waals surface area contributed by atoms with Crippen molar-refractivity contribution in [3.8, 4) is 0 Å². The Balaban J connectivity index is 2.31. The van der Waals surface area contributed by atoms with E-state index in [9.17, 15) is 14.9 Å². The number of nitrogens with zero attached hydrogens (tertiary/aromatic N) is 2. The van der Waals surface area contributed by atoms with Gasteiger partial charge in [0.15, 0.2) is 0 Å². The molecule has 2 aromatic rings. The number of carbonyl (C=O) groups excluding carboxylic acids is 1. The standard InChI is InChI=1S/C13H9Cl2N3O3/c1-7-2-3-9(18(20)21)6-10(7)16-13(19)8-4-11(14)17-12(15)5-8/h2-6H,1H3,(H,16,19). The molecular formula is C13H9Cl2N3O3. The van der Waals surface area contributed by atoms with Gasteiger partial charge in [-0.1, -0.05) is 29.3 Å². The third-order valence-corrected chi connectivity index (χ3v) is 3.09. The van der Waals surface area contributed by atoms with Gasteiger partial charge in [-0.05, 0) is 24.6 Å². The summed E-state index contributed by atoms with van der Waals surface area (Å²) in [6, 6.07) is 6.92. The zero-order chi connectivity index (χ0) is 15.6. The number of nitro benzene ring substituents is 1. The van der Waals surface area contributed by atoms with Crippen LogP contribution in [0.1, 0.15) is 15.9 Å². The van der Waals surface area contributed by atoms with E-state index in [-0.39, 0.29) is 21.6 Å². The second kappa shape index (κ2) is 6.07. The lowest BCUT2D eigenvalue weighted by Gasteiger charge is -2.08. The first-order chi connectivity index (χ1) is 9.86. The van der Waals surface area contributed by atoms with E-state index in [1.165, 1.54) is 24.3 Å².